The summed E-state index contributed by atoms with van der Waals surface area (Å²) in [7, 11) is 1.27. The average Bonchev–Trinajstić information content (AvgIpc) is 2.66. The van der Waals surface area contributed by atoms with Gasteiger partial charge in [0.05, 0.1) is 12.7 Å². The summed E-state index contributed by atoms with van der Waals surface area (Å²) in [4.78, 5) is 45.3. The molecule has 0 spiro atoms. The number of ether oxygens (including phenoxy) is 1. The van der Waals surface area contributed by atoms with Crippen LogP contribution in [0.2, 0.25) is 0 Å². The summed E-state index contributed by atoms with van der Waals surface area (Å²) in [5.41, 5.74) is -0.102. The second-order valence-electron chi connectivity index (χ2n) is 4.88. The Bertz CT molecular complexity index is 847. The third kappa shape index (κ3) is 3.86. The summed E-state index contributed by atoms with van der Waals surface area (Å²) in [5.74, 6) is -0.610. The van der Waals surface area contributed by atoms with Crippen molar-refractivity contribution in [2.24, 2.45) is 15.5 Å². The van der Waals surface area contributed by atoms with E-state index in [0.717, 1.165) is 5.56 Å². The summed E-state index contributed by atoms with van der Waals surface area (Å²) in [6.45, 7) is -0.519. The minimum Gasteiger partial charge on any atom is -0.496 e. The number of nitroso groups, excluding NO2 is 3. The summed E-state index contributed by atoms with van der Waals surface area (Å²) >= 11 is 0. The fourth-order valence-corrected chi connectivity index (χ4v) is 2.29. The van der Waals surface area contributed by atoms with Gasteiger partial charge < -0.3 is 4.74 Å². The van der Waals surface area contributed by atoms with Gasteiger partial charge in [-0.3, -0.25) is 4.79 Å². The number of hydrogen-bond acceptors (Lipinski definition) is 8. The summed E-state index contributed by atoms with van der Waals surface area (Å²) in [5, 5.41) is 8.20. The van der Waals surface area contributed by atoms with E-state index in [0.29, 0.717) is 0 Å². The Kier molecular flexibility index (Phi) is 5.94. The number of carbonyl (C=O) groups is 1. The Labute approximate surface area is 142 Å². The molecule has 2 rings (SSSR count). The monoisotopic (exact) mass is 339 g/mol. The van der Waals surface area contributed by atoms with Gasteiger partial charge in [0, 0.05) is 11.6 Å². The molecule has 126 valence electrons. The van der Waals surface area contributed by atoms with Crippen molar-refractivity contribution < 1.29 is 9.53 Å². The van der Waals surface area contributed by atoms with Crippen LogP contribution in [0.3, 0.4) is 0 Å². The molecule has 0 aliphatic carbocycles. The first kappa shape index (κ1) is 17.8. The SMILES string of the molecule is COc1cc(N=O)c(CN=O)c(N=O)c1C(=O)/C=C/c1ccccc1. The van der Waals surface area contributed by atoms with Crippen molar-refractivity contribution in [1.29, 1.82) is 0 Å². The molecule has 0 bridgehead atoms. The Morgan fingerprint density at radius 1 is 1.12 bits per heavy atom. The van der Waals surface area contributed by atoms with E-state index in [4.69, 9.17) is 4.74 Å². The van der Waals surface area contributed by atoms with E-state index >= 15 is 0 Å². The third-order valence-electron chi connectivity index (χ3n) is 3.45. The number of nitrogens with zero attached hydrogens (tertiary/aromatic N) is 3. The Balaban J connectivity index is 2.58. The number of allylic oxidation sites excluding steroid dienone is 1. The molecule has 8 heteroatoms. The third-order valence-corrected chi connectivity index (χ3v) is 3.45. The van der Waals surface area contributed by atoms with Gasteiger partial charge in [0.1, 0.15) is 23.7 Å². The van der Waals surface area contributed by atoms with Crippen LogP contribution in [0.1, 0.15) is 21.5 Å². The molecule has 0 radical (unpaired) electrons. The first-order chi connectivity index (χ1) is 12.2. The molecule has 0 saturated carbocycles. The van der Waals surface area contributed by atoms with Gasteiger partial charge in [0.2, 0.25) is 0 Å². The zero-order chi connectivity index (χ0) is 18.2. The lowest BCUT2D eigenvalue weighted by Gasteiger charge is -2.11. The minimum absolute atomic E-state index is 0.0402. The molecule has 0 aromatic heterocycles. The summed E-state index contributed by atoms with van der Waals surface area (Å²) < 4.78 is 5.08. The van der Waals surface area contributed by atoms with Crippen molar-refractivity contribution in [3.8, 4) is 5.75 Å². The molecular weight excluding hydrogens is 326 g/mol. The van der Waals surface area contributed by atoms with E-state index < -0.39 is 12.3 Å². The number of carbonyl (C=O) groups excluding carboxylic acids is 1. The Morgan fingerprint density at radius 3 is 2.40 bits per heavy atom. The number of methoxy groups -OCH3 is 1. The fraction of sp³-hybridized carbons (Fsp3) is 0.118. The zero-order valence-corrected chi connectivity index (χ0v) is 13.2. The fourth-order valence-electron chi connectivity index (χ4n) is 2.29. The van der Waals surface area contributed by atoms with Crippen LogP contribution in [0.15, 0.2) is 58.0 Å². The van der Waals surface area contributed by atoms with Crippen molar-refractivity contribution in [3.63, 3.8) is 0 Å². The molecule has 25 heavy (non-hydrogen) atoms. The second-order valence-corrected chi connectivity index (χ2v) is 4.88. The lowest BCUT2D eigenvalue weighted by atomic mass is 9.99. The Hall–Kier alpha value is -3.55. The highest BCUT2D eigenvalue weighted by molar-refractivity contribution is 6.12. The molecule has 0 saturated heterocycles. The molecule has 0 aliphatic heterocycles. The number of benzene rings is 2. The van der Waals surface area contributed by atoms with Crippen molar-refractivity contribution in [2.75, 3.05) is 7.11 Å². The molecule has 0 aliphatic rings. The first-order valence-electron chi connectivity index (χ1n) is 7.13. The second kappa shape index (κ2) is 8.34. The molecule has 0 fully saturated rings. The van der Waals surface area contributed by atoms with Crippen LogP contribution in [-0.4, -0.2) is 12.9 Å². The van der Waals surface area contributed by atoms with E-state index in [1.54, 1.807) is 18.2 Å². The van der Waals surface area contributed by atoms with E-state index in [2.05, 4.69) is 15.5 Å². The van der Waals surface area contributed by atoms with Gasteiger partial charge in [-0.15, -0.1) is 9.81 Å². The van der Waals surface area contributed by atoms with Crippen LogP contribution in [0, 0.1) is 14.7 Å². The molecule has 8 nitrogen and oxygen atoms in total. The molecule has 0 amide bonds. The van der Waals surface area contributed by atoms with E-state index in [-0.39, 0.29) is 28.3 Å². The number of ketones is 1. The van der Waals surface area contributed by atoms with Crippen molar-refractivity contribution in [2.45, 2.75) is 6.54 Å². The lowest BCUT2D eigenvalue weighted by molar-refractivity contribution is 0.104. The smallest absolute Gasteiger partial charge is 0.191 e. The number of rotatable bonds is 8. The zero-order valence-electron chi connectivity index (χ0n) is 13.2. The average molecular weight is 339 g/mol. The highest BCUT2D eigenvalue weighted by atomic mass is 16.5. The highest BCUT2D eigenvalue weighted by Gasteiger charge is 2.24. The maximum Gasteiger partial charge on any atom is 0.191 e. The predicted octanol–water partition coefficient (Wildman–Crippen LogP) is 4.65. The van der Waals surface area contributed by atoms with Gasteiger partial charge in [0.25, 0.3) is 0 Å². The normalized spacial score (nSPS) is 10.4. The molecule has 2 aromatic rings. The highest BCUT2D eigenvalue weighted by Crippen LogP contribution is 2.40. The van der Waals surface area contributed by atoms with Crippen LogP contribution >= 0.6 is 0 Å². The topological polar surface area (TPSA) is 115 Å². The van der Waals surface area contributed by atoms with Gasteiger partial charge in [0.15, 0.2) is 5.78 Å². The van der Waals surface area contributed by atoms with E-state index in [1.165, 1.54) is 19.3 Å². The molecule has 0 atom stereocenters. The molecular formula is C17H13N3O5. The largest absolute Gasteiger partial charge is 0.496 e. The van der Waals surface area contributed by atoms with Crippen LogP contribution in [0.4, 0.5) is 11.4 Å². The lowest BCUT2D eigenvalue weighted by Crippen LogP contribution is -2.02. The van der Waals surface area contributed by atoms with Crippen LogP contribution in [0.25, 0.3) is 6.08 Å². The Morgan fingerprint density at radius 2 is 1.84 bits per heavy atom. The minimum atomic E-state index is -0.570. The molecule has 2 aromatic carbocycles. The maximum atomic E-state index is 12.6. The molecule has 0 unspecified atom stereocenters. The molecule has 0 heterocycles. The van der Waals surface area contributed by atoms with E-state index in [1.807, 2.05) is 18.2 Å². The molecule has 0 N–H and O–H groups in total. The van der Waals surface area contributed by atoms with Crippen molar-refractivity contribution in [3.05, 3.63) is 73.9 Å². The van der Waals surface area contributed by atoms with Gasteiger partial charge in [-0.05, 0) is 22.0 Å². The van der Waals surface area contributed by atoms with Gasteiger partial charge in [-0.25, -0.2) is 0 Å². The van der Waals surface area contributed by atoms with Gasteiger partial charge in [-0.1, -0.05) is 41.6 Å². The first-order valence-corrected chi connectivity index (χ1v) is 7.13. The number of hydrogen-bond donors (Lipinski definition) is 0. The quantitative estimate of drug-likeness (QED) is 0.394. The summed E-state index contributed by atoms with van der Waals surface area (Å²) in [6.07, 6.45) is 2.80. The van der Waals surface area contributed by atoms with Gasteiger partial charge >= 0.3 is 0 Å². The van der Waals surface area contributed by atoms with Crippen molar-refractivity contribution in [1.82, 2.24) is 0 Å². The predicted molar refractivity (Wildman–Crippen MR) is 93.2 cm³/mol. The van der Waals surface area contributed by atoms with Crippen molar-refractivity contribution >= 4 is 23.2 Å². The van der Waals surface area contributed by atoms with Crippen LogP contribution in [0.5, 0.6) is 5.75 Å². The summed E-state index contributed by atoms with van der Waals surface area (Å²) in [6, 6.07) is 10.2. The van der Waals surface area contributed by atoms with Crippen LogP contribution < -0.4 is 4.74 Å². The maximum absolute atomic E-state index is 12.6. The van der Waals surface area contributed by atoms with Gasteiger partial charge in [-0.2, -0.15) is 4.91 Å². The van der Waals surface area contributed by atoms with E-state index in [9.17, 15) is 19.5 Å². The standard InChI is InChI=1S/C17H13N3O5/c1-25-15-9-13(19-23)12(10-18-22)17(20-24)16(15)14(21)8-7-11-5-3-2-4-6-11/h2-9H,10H2,1H3/b8-7+. The van der Waals surface area contributed by atoms with Crippen LogP contribution in [-0.2, 0) is 6.54 Å².